The Morgan fingerprint density at radius 3 is 3.11 bits per heavy atom. The third-order valence-corrected chi connectivity index (χ3v) is 4.04. The fourth-order valence-electron chi connectivity index (χ4n) is 1.67. The Balaban J connectivity index is 1.91. The maximum atomic E-state index is 11.8. The van der Waals surface area contributed by atoms with Crippen molar-refractivity contribution in [1.82, 2.24) is 10.6 Å². The Morgan fingerprint density at radius 2 is 2.50 bits per heavy atom. The van der Waals surface area contributed by atoms with Crippen molar-refractivity contribution in [2.75, 3.05) is 18.7 Å². The van der Waals surface area contributed by atoms with Crippen LogP contribution in [0.1, 0.15) is 5.56 Å². The zero-order valence-corrected chi connectivity index (χ0v) is 11.6. The molecule has 1 saturated heterocycles. The third kappa shape index (κ3) is 3.31. The second-order valence-electron chi connectivity index (χ2n) is 3.95. The highest BCUT2D eigenvalue weighted by molar-refractivity contribution is 7.99. The number of rotatable bonds is 4. The molecule has 1 aromatic carbocycles. The van der Waals surface area contributed by atoms with E-state index in [1.165, 1.54) is 0 Å². The molecule has 0 aliphatic carbocycles. The molecular formula is C12H15ClN2O2S. The summed E-state index contributed by atoms with van der Waals surface area (Å²) < 4.78 is 5.07. The van der Waals surface area contributed by atoms with Crippen molar-refractivity contribution in [3.05, 3.63) is 28.8 Å². The minimum absolute atomic E-state index is 0.0203. The molecule has 98 valence electrons. The van der Waals surface area contributed by atoms with Gasteiger partial charge in [-0.3, -0.25) is 10.1 Å². The molecule has 1 aliphatic rings. The molecule has 18 heavy (non-hydrogen) atoms. The first kappa shape index (κ1) is 13.5. The monoisotopic (exact) mass is 286 g/mol. The Labute approximate surface area is 115 Å². The van der Waals surface area contributed by atoms with Crippen LogP contribution in [0.15, 0.2) is 18.2 Å². The van der Waals surface area contributed by atoms with E-state index in [1.54, 1.807) is 24.9 Å². The molecule has 1 amide bonds. The molecule has 0 bridgehead atoms. The van der Waals surface area contributed by atoms with Gasteiger partial charge >= 0.3 is 0 Å². The molecule has 0 saturated carbocycles. The fourth-order valence-corrected chi connectivity index (χ4v) is 2.85. The largest absolute Gasteiger partial charge is 0.497 e. The van der Waals surface area contributed by atoms with Crippen LogP contribution in [0.5, 0.6) is 5.75 Å². The molecule has 4 nitrogen and oxygen atoms in total. The molecule has 2 rings (SSSR count). The van der Waals surface area contributed by atoms with Crippen LogP contribution in [0.4, 0.5) is 0 Å². The van der Waals surface area contributed by atoms with Crippen LogP contribution >= 0.6 is 23.4 Å². The molecule has 0 spiro atoms. The van der Waals surface area contributed by atoms with Gasteiger partial charge in [0.15, 0.2) is 0 Å². The van der Waals surface area contributed by atoms with Crippen LogP contribution in [0.3, 0.4) is 0 Å². The maximum Gasteiger partial charge on any atom is 0.238 e. The van der Waals surface area contributed by atoms with Gasteiger partial charge in [-0.25, -0.2) is 0 Å². The van der Waals surface area contributed by atoms with E-state index in [4.69, 9.17) is 16.3 Å². The summed E-state index contributed by atoms with van der Waals surface area (Å²) in [6.07, 6.45) is 0. The molecule has 1 fully saturated rings. The van der Waals surface area contributed by atoms with Crippen molar-refractivity contribution in [3.8, 4) is 5.75 Å². The van der Waals surface area contributed by atoms with Crippen molar-refractivity contribution in [2.45, 2.75) is 12.6 Å². The maximum absolute atomic E-state index is 11.8. The first-order valence-electron chi connectivity index (χ1n) is 5.62. The van der Waals surface area contributed by atoms with E-state index in [2.05, 4.69) is 10.6 Å². The number of amides is 1. The van der Waals surface area contributed by atoms with Crippen LogP contribution in [0.25, 0.3) is 0 Å². The van der Waals surface area contributed by atoms with Gasteiger partial charge < -0.3 is 10.1 Å². The van der Waals surface area contributed by atoms with Crippen LogP contribution in [0.2, 0.25) is 5.02 Å². The third-order valence-electron chi connectivity index (χ3n) is 2.75. The minimum Gasteiger partial charge on any atom is -0.497 e. The Kier molecular flexibility index (Phi) is 4.74. The lowest BCUT2D eigenvalue weighted by molar-refractivity contribution is -0.122. The van der Waals surface area contributed by atoms with E-state index in [-0.39, 0.29) is 11.9 Å². The number of ether oxygens (including phenoxy) is 1. The normalized spacial score (nSPS) is 18.7. The molecule has 2 N–H and O–H groups in total. The smallest absolute Gasteiger partial charge is 0.238 e. The van der Waals surface area contributed by atoms with E-state index in [0.29, 0.717) is 17.3 Å². The van der Waals surface area contributed by atoms with Crippen molar-refractivity contribution in [1.29, 1.82) is 0 Å². The Morgan fingerprint density at radius 1 is 1.67 bits per heavy atom. The molecule has 0 radical (unpaired) electrons. The van der Waals surface area contributed by atoms with Gasteiger partial charge in [-0.15, -0.1) is 11.8 Å². The predicted octanol–water partition coefficient (Wildman–Crippen LogP) is 1.63. The van der Waals surface area contributed by atoms with E-state index in [0.717, 1.165) is 17.2 Å². The lowest BCUT2D eigenvalue weighted by Gasteiger charge is -2.11. The Hall–Kier alpha value is -0.910. The number of carbonyl (C=O) groups excluding carboxylic acids is 1. The highest BCUT2D eigenvalue weighted by Gasteiger charge is 2.22. The second kappa shape index (κ2) is 6.31. The van der Waals surface area contributed by atoms with Gasteiger partial charge in [0.2, 0.25) is 5.91 Å². The summed E-state index contributed by atoms with van der Waals surface area (Å²) in [4.78, 5) is 11.8. The number of thioether (sulfide) groups is 1. The van der Waals surface area contributed by atoms with Crippen LogP contribution in [-0.4, -0.2) is 30.7 Å². The van der Waals surface area contributed by atoms with Gasteiger partial charge in [0.1, 0.15) is 5.75 Å². The molecular weight excluding hydrogens is 272 g/mol. The molecule has 0 aromatic heterocycles. The average molecular weight is 287 g/mol. The highest BCUT2D eigenvalue weighted by atomic mass is 35.5. The first-order valence-corrected chi connectivity index (χ1v) is 7.15. The lowest BCUT2D eigenvalue weighted by atomic mass is 10.2. The van der Waals surface area contributed by atoms with Gasteiger partial charge in [0.25, 0.3) is 0 Å². The zero-order valence-electron chi connectivity index (χ0n) is 10.0. The fraction of sp³-hybridized carbons (Fsp3) is 0.417. The van der Waals surface area contributed by atoms with Crippen molar-refractivity contribution >= 4 is 29.3 Å². The summed E-state index contributed by atoms with van der Waals surface area (Å²) in [5, 5.41) is 6.60. The summed E-state index contributed by atoms with van der Waals surface area (Å²) in [6.45, 7) is 0.435. The number of methoxy groups -OCH3 is 1. The van der Waals surface area contributed by atoms with Gasteiger partial charge in [0.05, 0.1) is 13.2 Å². The molecule has 1 aromatic rings. The quantitative estimate of drug-likeness (QED) is 0.883. The van der Waals surface area contributed by atoms with Gasteiger partial charge in [0, 0.05) is 23.2 Å². The lowest BCUT2D eigenvalue weighted by Crippen LogP contribution is -2.41. The molecule has 1 heterocycles. The van der Waals surface area contributed by atoms with E-state index >= 15 is 0 Å². The summed E-state index contributed by atoms with van der Waals surface area (Å²) in [6, 6.07) is 5.34. The number of hydrogen-bond donors (Lipinski definition) is 2. The second-order valence-corrected chi connectivity index (χ2v) is 5.38. The summed E-state index contributed by atoms with van der Waals surface area (Å²) in [5.74, 6) is 2.39. The van der Waals surface area contributed by atoms with Gasteiger partial charge in [-0.1, -0.05) is 17.7 Å². The number of benzene rings is 1. The molecule has 1 atom stereocenters. The van der Waals surface area contributed by atoms with E-state index < -0.39 is 0 Å². The van der Waals surface area contributed by atoms with Crippen molar-refractivity contribution in [3.63, 3.8) is 0 Å². The number of halogens is 1. The minimum atomic E-state index is -0.0907. The van der Waals surface area contributed by atoms with E-state index in [1.807, 2.05) is 12.1 Å². The average Bonchev–Trinajstić information content (AvgIpc) is 2.90. The topological polar surface area (TPSA) is 50.4 Å². The molecule has 1 aliphatic heterocycles. The predicted molar refractivity (Wildman–Crippen MR) is 74.1 cm³/mol. The summed E-state index contributed by atoms with van der Waals surface area (Å²) in [5.41, 5.74) is 0.886. The molecule has 1 unspecified atom stereocenters. The van der Waals surface area contributed by atoms with Gasteiger partial charge in [-0.05, 0) is 17.7 Å². The zero-order chi connectivity index (χ0) is 13.0. The summed E-state index contributed by atoms with van der Waals surface area (Å²) in [7, 11) is 1.59. The number of hydrogen-bond acceptors (Lipinski definition) is 4. The van der Waals surface area contributed by atoms with Crippen molar-refractivity contribution < 1.29 is 9.53 Å². The number of carbonyl (C=O) groups is 1. The standard InChI is InChI=1S/C12H15ClN2O2S/c1-17-9-3-2-8(10(13)4-9)5-14-12(16)11-6-18-7-15-11/h2-4,11,15H,5-7H2,1H3,(H,14,16). The van der Waals surface area contributed by atoms with Crippen LogP contribution < -0.4 is 15.4 Å². The van der Waals surface area contributed by atoms with Gasteiger partial charge in [-0.2, -0.15) is 0 Å². The molecule has 6 heteroatoms. The van der Waals surface area contributed by atoms with E-state index in [9.17, 15) is 4.79 Å². The van der Waals surface area contributed by atoms with Crippen LogP contribution in [0, 0.1) is 0 Å². The first-order chi connectivity index (χ1) is 8.70. The summed E-state index contributed by atoms with van der Waals surface area (Å²) >= 11 is 7.83. The SMILES string of the molecule is COc1ccc(CNC(=O)C2CSCN2)c(Cl)c1. The van der Waals surface area contributed by atoms with Crippen molar-refractivity contribution in [2.24, 2.45) is 0 Å². The highest BCUT2D eigenvalue weighted by Crippen LogP contribution is 2.22. The number of nitrogens with one attached hydrogen (secondary N) is 2. The van der Waals surface area contributed by atoms with Crippen LogP contribution in [-0.2, 0) is 11.3 Å². The Bertz CT molecular complexity index is 436.